The largest absolute Gasteiger partial charge is 0.345 e. The van der Waals surface area contributed by atoms with Crippen LogP contribution in [0.2, 0.25) is 0 Å². The Kier molecular flexibility index (Phi) is 1.81. The van der Waals surface area contributed by atoms with Crippen molar-refractivity contribution < 1.29 is 8.78 Å². The van der Waals surface area contributed by atoms with Crippen LogP contribution in [0.5, 0.6) is 0 Å². The first-order valence-corrected chi connectivity index (χ1v) is 3.71. The normalized spacial score (nSPS) is 10.3. The van der Waals surface area contributed by atoms with Crippen LogP contribution in [-0.2, 0) is 0 Å². The van der Waals surface area contributed by atoms with Gasteiger partial charge >= 0.3 is 0 Å². The summed E-state index contributed by atoms with van der Waals surface area (Å²) in [6, 6.07) is 3.27. The number of imidazole rings is 1. The van der Waals surface area contributed by atoms with Crippen molar-refractivity contribution in [3.05, 3.63) is 42.2 Å². The van der Waals surface area contributed by atoms with E-state index in [-0.39, 0.29) is 0 Å². The molecule has 1 N–H and O–H groups in total. The minimum absolute atomic E-state index is 0.405. The van der Waals surface area contributed by atoms with Gasteiger partial charge in [-0.05, 0) is 12.1 Å². The van der Waals surface area contributed by atoms with Crippen LogP contribution in [-0.4, -0.2) is 9.97 Å². The second kappa shape index (κ2) is 2.97. The highest BCUT2D eigenvalue weighted by atomic mass is 19.1. The van der Waals surface area contributed by atoms with Crippen LogP contribution in [0.3, 0.4) is 0 Å². The maximum atomic E-state index is 12.7. The third-order valence-electron chi connectivity index (χ3n) is 1.63. The summed E-state index contributed by atoms with van der Waals surface area (Å²) in [6.07, 6.45) is 3.12. The van der Waals surface area contributed by atoms with Crippen molar-refractivity contribution in [1.82, 2.24) is 9.97 Å². The van der Waals surface area contributed by atoms with E-state index in [0.717, 1.165) is 6.07 Å². The Morgan fingerprint density at radius 1 is 1.08 bits per heavy atom. The van der Waals surface area contributed by atoms with Crippen molar-refractivity contribution in [3.8, 4) is 11.4 Å². The van der Waals surface area contributed by atoms with Gasteiger partial charge < -0.3 is 4.98 Å². The topological polar surface area (TPSA) is 28.7 Å². The molecule has 2 aromatic rings. The molecule has 0 aliphatic heterocycles. The zero-order chi connectivity index (χ0) is 9.26. The van der Waals surface area contributed by atoms with E-state index in [9.17, 15) is 8.78 Å². The number of halogens is 2. The second-order valence-corrected chi connectivity index (χ2v) is 2.60. The number of aromatic nitrogens is 2. The van der Waals surface area contributed by atoms with Crippen LogP contribution >= 0.6 is 0 Å². The quantitative estimate of drug-likeness (QED) is 0.716. The summed E-state index contributed by atoms with van der Waals surface area (Å²) < 4.78 is 25.5. The Morgan fingerprint density at radius 2 is 1.77 bits per heavy atom. The number of H-pyrrole nitrogens is 1. The van der Waals surface area contributed by atoms with Gasteiger partial charge in [0.05, 0.1) is 0 Å². The number of hydrogen-bond donors (Lipinski definition) is 1. The van der Waals surface area contributed by atoms with E-state index in [1.165, 1.54) is 18.3 Å². The average molecular weight is 180 g/mol. The Hall–Kier alpha value is -1.71. The predicted molar refractivity (Wildman–Crippen MR) is 43.9 cm³/mol. The van der Waals surface area contributed by atoms with E-state index in [0.29, 0.717) is 11.4 Å². The van der Waals surface area contributed by atoms with Crippen LogP contribution in [0, 0.1) is 11.6 Å². The first-order valence-electron chi connectivity index (χ1n) is 3.71. The van der Waals surface area contributed by atoms with Crippen molar-refractivity contribution >= 4 is 0 Å². The van der Waals surface area contributed by atoms with Crippen LogP contribution in [0.4, 0.5) is 8.78 Å². The highest BCUT2D eigenvalue weighted by Crippen LogP contribution is 2.17. The first-order chi connectivity index (χ1) is 6.25. The number of benzene rings is 1. The van der Waals surface area contributed by atoms with Gasteiger partial charge in [0.15, 0.2) is 0 Å². The van der Waals surface area contributed by atoms with Gasteiger partial charge in [0, 0.05) is 24.0 Å². The van der Waals surface area contributed by atoms with Crippen molar-refractivity contribution in [2.24, 2.45) is 0 Å². The molecule has 2 rings (SSSR count). The van der Waals surface area contributed by atoms with E-state index in [1.807, 2.05) is 0 Å². The molecule has 0 radical (unpaired) electrons. The highest BCUT2D eigenvalue weighted by Gasteiger charge is 2.03. The van der Waals surface area contributed by atoms with E-state index in [2.05, 4.69) is 9.97 Å². The molecule has 1 aromatic heterocycles. The molecular formula is C9H6F2N2. The molecule has 0 atom stereocenters. The lowest BCUT2D eigenvalue weighted by Crippen LogP contribution is -1.85. The summed E-state index contributed by atoms with van der Waals surface area (Å²) in [6.45, 7) is 0. The molecule has 0 bridgehead atoms. The molecule has 0 aliphatic carbocycles. The summed E-state index contributed by atoms with van der Waals surface area (Å²) in [5, 5.41) is 0. The molecule has 0 fully saturated rings. The van der Waals surface area contributed by atoms with E-state index in [1.54, 1.807) is 6.20 Å². The van der Waals surface area contributed by atoms with Gasteiger partial charge in [0.25, 0.3) is 0 Å². The van der Waals surface area contributed by atoms with Crippen LogP contribution in [0.1, 0.15) is 0 Å². The predicted octanol–water partition coefficient (Wildman–Crippen LogP) is 2.35. The van der Waals surface area contributed by atoms with Gasteiger partial charge in [-0.3, -0.25) is 0 Å². The second-order valence-electron chi connectivity index (χ2n) is 2.60. The number of aromatic amines is 1. The van der Waals surface area contributed by atoms with Crippen LogP contribution in [0.25, 0.3) is 11.4 Å². The molecule has 2 nitrogen and oxygen atoms in total. The lowest BCUT2D eigenvalue weighted by Gasteiger charge is -1.97. The lowest BCUT2D eigenvalue weighted by atomic mass is 10.2. The van der Waals surface area contributed by atoms with Crippen molar-refractivity contribution in [2.75, 3.05) is 0 Å². The molecular weight excluding hydrogens is 174 g/mol. The van der Waals surface area contributed by atoms with Crippen LogP contribution < -0.4 is 0 Å². The molecule has 1 aromatic carbocycles. The minimum atomic E-state index is -0.605. The van der Waals surface area contributed by atoms with Crippen molar-refractivity contribution in [2.45, 2.75) is 0 Å². The third-order valence-corrected chi connectivity index (χ3v) is 1.63. The number of hydrogen-bond acceptors (Lipinski definition) is 1. The molecule has 0 aliphatic rings. The first kappa shape index (κ1) is 7.91. The Labute approximate surface area is 73.2 Å². The van der Waals surface area contributed by atoms with Crippen molar-refractivity contribution in [1.29, 1.82) is 0 Å². The molecule has 4 heteroatoms. The molecule has 0 saturated carbocycles. The van der Waals surface area contributed by atoms with Gasteiger partial charge in [-0.1, -0.05) is 0 Å². The summed E-state index contributed by atoms with van der Waals surface area (Å²) in [5.74, 6) is -0.754. The van der Waals surface area contributed by atoms with Crippen molar-refractivity contribution in [3.63, 3.8) is 0 Å². The zero-order valence-electron chi connectivity index (χ0n) is 6.59. The Bertz CT molecular complexity index is 389. The fourth-order valence-corrected chi connectivity index (χ4v) is 1.11. The van der Waals surface area contributed by atoms with E-state index in [4.69, 9.17) is 0 Å². The SMILES string of the molecule is Fc1cc(F)cc(-c2ncc[nH]2)c1. The van der Waals surface area contributed by atoms with Gasteiger partial charge in [-0.15, -0.1) is 0 Å². The fraction of sp³-hybridized carbons (Fsp3) is 0. The van der Waals surface area contributed by atoms with Gasteiger partial charge in [0.2, 0.25) is 0 Å². The standard InChI is InChI=1S/C9H6F2N2/c10-7-3-6(4-8(11)5-7)9-12-1-2-13-9/h1-5H,(H,12,13). The Morgan fingerprint density at radius 3 is 2.31 bits per heavy atom. The summed E-state index contributed by atoms with van der Waals surface area (Å²) in [7, 11) is 0. The molecule has 0 amide bonds. The van der Waals surface area contributed by atoms with Gasteiger partial charge in [-0.25, -0.2) is 13.8 Å². The molecule has 0 saturated heterocycles. The van der Waals surface area contributed by atoms with E-state index < -0.39 is 11.6 Å². The smallest absolute Gasteiger partial charge is 0.137 e. The maximum Gasteiger partial charge on any atom is 0.137 e. The Balaban J connectivity index is 2.53. The molecule has 0 unspecified atom stereocenters. The lowest BCUT2D eigenvalue weighted by molar-refractivity contribution is 0.584. The number of nitrogens with zero attached hydrogens (tertiary/aromatic N) is 1. The fourth-order valence-electron chi connectivity index (χ4n) is 1.11. The molecule has 1 heterocycles. The maximum absolute atomic E-state index is 12.7. The minimum Gasteiger partial charge on any atom is -0.345 e. The molecule has 13 heavy (non-hydrogen) atoms. The zero-order valence-corrected chi connectivity index (χ0v) is 6.59. The monoisotopic (exact) mass is 180 g/mol. The number of rotatable bonds is 1. The van der Waals surface area contributed by atoms with E-state index >= 15 is 0 Å². The third kappa shape index (κ3) is 1.56. The summed E-state index contributed by atoms with van der Waals surface area (Å²) in [4.78, 5) is 6.64. The summed E-state index contributed by atoms with van der Waals surface area (Å²) >= 11 is 0. The van der Waals surface area contributed by atoms with Gasteiger partial charge in [-0.2, -0.15) is 0 Å². The van der Waals surface area contributed by atoms with Crippen LogP contribution in [0.15, 0.2) is 30.6 Å². The molecule has 66 valence electrons. The van der Waals surface area contributed by atoms with Gasteiger partial charge in [0.1, 0.15) is 17.5 Å². The summed E-state index contributed by atoms with van der Waals surface area (Å²) in [5.41, 5.74) is 0.405. The number of nitrogens with one attached hydrogen (secondary N) is 1. The average Bonchev–Trinajstić information content (AvgIpc) is 2.53. The molecule has 0 spiro atoms. The highest BCUT2D eigenvalue weighted by molar-refractivity contribution is 5.54.